The van der Waals surface area contributed by atoms with Crippen LogP contribution in [0.5, 0.6) is 0 Å². The van der Waals surface area contributed by atoms with Gasteiger partial charge in [-0.15, -0.1) is 0 Å². The van der Waals surface area contributed by atoms with E-state index in [1.807, 2.05) is 25.1 Å². The maximum absolute atomic E-state index is 13.4. The molecule has 1 heterocycles. The number of esters is 1. The molecule has 0 bridgehead atoms. The first-order chi connectivity index (χ1) is 15.8. The Morgan fingerprint density at radius 1 is 1.00 bits per heavy atom. The Hall–Kier alpha value is -2.17. The summed E-state index contributed by atoms with van der Waals surface area (Å²) < 4.78 is 6.18. The van der Waals surface area contributed by atoms with Crippen LogP contribution in [0.15, 0.2) is 30.3 Å². The summed E-state index contributed by atoms with van der Waals surface area (Å²) in [4.78, 5) is 40.8. The van der Waals surface area contributed by atoms with Crippen molar-refractivity contribution < 1.29 is 19.1 Å². The number of hydrogen-bond acceptors (Lipinski definition) is 4. The van der Waals surface area contributed by atoms with Crippen LogP contribution in [-0.4, -0.2) is 41.3 Å². The van der Waals surface area contributed by atoms with Crippen molar-refractivity contribution in [3.05, 3.63) is 35.9 Å². The predicted octanol–water partition coefficient (Wildman–Crippen LogP) is 5.50. The molecule has 5 nitrogen and oxygen atoms in total. The molecular weight excluding hydrogens is 414 g/mol. The fourth-order valence-electron chi connectivity index (χ4n) is 5.08. The molecule has 0 aromatic heterocycles. The topological polar surface area (TPSA) is 63.7 Å². The summed E-state index contributed by atoms with van der Waals surface area (Å²) in [6, 6.07) is 9.67. The quantitative estimate of drug-likeness (QED) is 0.364. The largest absolute Gasteiger partial charge is 0.461 e. The van der Waals surface area contributed by atoms with Gasteiger partial charge in [-0.1, -0.05) is 70.4 Å². The van der Waals surface area contributed by atoms with Crippen LogP contribution < -0.4 is 0 Å². The number of ketones is 1. The highest BCUT2D eigenvalue weighted by atomic mass is 16.5. The van der Waals surface area contributed by atoms with E-state index in [0.717, 1.165) is 38.5 Å². The number of ether oxygens (including phenoxy) is 1. The number of nitrogens with zero attached hydrogens (tertiary/aromatic N) is 1. The van der Waals surface area contributed by atoms with E-state index in [2.05, 4.69) is 12.1 Å². The van der Waals surface area contributed by atoms with Crippen LogP contribution in [0, 0.1) is 11.3 Å². The third kappa shape index (κ3) is 6.68. The van der Waals surface area contributed by atoms with Gasteiger partial charge in [0.25, 0.3) is 5.91 Å². The second kappa shape index (κ2) is 11.8. The molecule has 0 unspecified atom stereocenters. The average molecular weight is 456 g/mol. The summed E-state index contributed by atoms with van der Waals surface area (Å²) in [5, 5.41) is 0. The summed E-state index contributed by atoms with van der Waals surface area (Å²) in [7, 11) is 0. The minimum atomic E-state index is -0.719. The molecule has 1 saturated carbocycles. The van der Waals surface area contributed by atoms with E-state index >= 15 is 0 Å². The molecule has 2 aliphatic rings. The van der Waals surface area contributed by atoms with Crippen LogP contribution >= 0.6 is 0 Å². The van der Waals surface area contributed by atoms with E-state index in [1.165, 1.54) is 29.7 Å². The molecule has 182 valence electrons. The number of Topliss-reactive ketones (excluding diaryl/α,β-unsaturated/α-hetero) is 1. The van der Waals surface area contributed by atoms with Crippen molar-refractivity contribution in [1.82, 2.24) is 4.90 Å². The van der Waals surface area contributed by atoms with Crippen molar-refractivity contribution in [1.29, 1.82) is 0 Å². The van der Waals surface area contributed by atoms with Crippen molar-refractivity contribution in [2.75, 3.05) is 6.54 Å². The van der Waals surface area contributed by atoms with Gasteiger partial charge in [0.2, 0.25) is 5.78 Å². The van der Waals surface area contributed by atoms with Gasteiger partial charge < -0.3 is 9.64 Å². The highest BCUT2D eigenvalue weighted by Gasteiger charge is 2.41. The number of hydrogen-bond donors (Lipinski definition) is 0. The first kappa shape index (κ1) is 25.5. The Bertz CT molecular complexity index is 797. The Morgan fingerprint density at radius 2 is 1.67 bits per heavy atom. The van der Waals surface area contributed by atoms with Gasteiger partial charge in [-0.05, 0) is 62.8 Å². The zero-order chi connectivity index (χ0) is 23.8. The number of carbonyl (C=O) groups excluding carboxylic acids is 3. The Kier molecular flexibility index (Phi) is 9.10. The maximum Gasteiger partial charge on any atom is 0.329 e. The van der Waals surface area contributed by atoms with Gasteiger partial charge in [-0.2, -0.15) is 0 Å². The number of likely N-dealkylation sites (tertiary alicyclic amines) is 1. The Balaban J connectivity index is 1.71. The summed E-state index contributed by atoms with van der Waals surface area (Å²) in [5.41, 5.74) is 0.528. The first-order valence-electron chi connectivity index (χ1n) is 12.9. The van der Waals surface area contributed by atoms with Crippen LogP contribution in [0.2, 0.25) is 0 Å². The summed E-state index contributed by atoms with van der Waals surface area (Å²) in [6.45, 7) is 5.96. The van der Waals surface area contributed by atoms with Crippen molar-refractivity contribution in [3.8, 4) is 0 Å². The SMILES string of the molecule is CCC(C)(C)C(=O)C(=O)N1CCCC[C@H]1C(=O)O[C@H](CCc1ccccc1)C1CCCCC1. The zero-order valence-corrected chi connectivity index (χ0v) is 20.7. The summed E-state index contributed by atoms with van der Waals surface area (Å²) in [5.74, 6) is -0.881. The number of carbonyl (C=O) groups is 3. The van der Waals surface area contributed by atoms with E-state index in [0.29, 0.717) is 25.3 Å². The average Bonchev–Trinajstić information content (AvgIpc) is 2.86. The maximum atomic E-state index is 13.4. The van der Waals surface area contributed by atoms with E-state index in [1.54, 1.807) is 13.8 Å². The van der Waals surface area contributed by atoms with Crippen LogP contribution in [0.3, 0.4) is 0 Å². The van der Waals surface area contributed by atoms with E-state index < -0.39 is 23.1 Å². The molecule has 0 radical (unpaired) electrons. The minimum absolute atomic E-state index is 0.139. The van der Waals surface area contributed by atoms with Crippen molar-refractivity contribution in [3.63, 3.8) is 0 Å². The van der Waals surface area contributed by atoms with Crippen LogP contribution in [0.1, 0.15) is 90.5 Å². The number of rotatable bonds is 9. The fourth-order valence-corrected chi connectivity index (χ4v) is 5.08. The molecule has 33 heavy (non-hydrogen) atoms. The Morgan fingerprint density at radius 3 is 2.33 bits per heavy atom. The van der Waals surface area contributed by atoms with E-state index in [9.17, 15) is 14.4 Å². The monoisotopic (exact) mass is 455 g/mol. The van der Waals surface area contributed by atoms with Gasteiger partial charge in [-0.3, -0.25) is 9.59 Å². The highest BCUT2D eigenvalue weighted by Crippen LogP contribution is 2.32. The number of amides is 1. The predicted molar refractivity (Wildman–Crippen MR) is 130 cm³/mol. The van der Waals surface area contributed by atoms with Crippen LogP contribution in [-0.2, 0) is 25.5 Å². The molecule has 1 saturated heterocycles. The summed E-state index contributed by atoms with van der Waals surface area (Å²) >= 11 is 0. The van der Waals surface area contributed by atoms with Gasteiger partial charge in [-0.25, -0.2) is 4.79 Å². The van der Waals surface area contributed by atoms with Gasteiger partial charge in [0.15, 0.2) is 0 Å². The Labute approximate surface area is 199 Å². The lowest BCUT2D eigenvalue weighted by Gasteiger charge is -2.37. The van der Waals surface area contributed by atoms with Crippen molar-refractivity contribution >= 4 is 17.7 Å². The molecule has 2 fully saturated rings. The number of benzene rings is 1. The number of aryl methyl sites for hydroxylation is 1. The van der Waals surface area contributed by atoms with Gasteiger partial charge in [0.1, 0.15) is 12.1 Å². The zero-order valence-electron chi connectivity index (χ0n) is 20.7. The molecule has 1 amide bonds. The summed E-state index contributed by atoms with van der Waals surface area (Å²) in [6.07, 6.45) is 10.1. The molecule has 1 aromatic carbocycles. The second-order valence-electron chi connectivity index (χ2n) is 10.5. The molecule has 5 heteroatoms. The third-order valence-electron chi connectivity index (χ3n) is 7.73. The van der Waals surface area contributed by atoms with E-state index in [-0.39, 0.29) is 12.1 Å². The van der Waals surface area contributed by atoms with Gasteiger partial charge in [0, 0.05) is 12.0 Å². The van der Waals surface area contributed by atoms with Crippen LogP contribution in [0.4, 0.5) is 0 Å². The minimum Gasteiger partial charge on any atom is -0.461 e. The van der Waals surface area contributed by atoms with Crippen molar-refractivity contribution in [2.45, 2.75) is 104 Å². The van der Waals surface area contributed by atoms with Crippen molar-refractivity contribution in [2.24, 2.45) is 11.3 Å². The molecule has 0 spiro atoms. The lowest BCUT2D eigenvalue weighted by molar-refractivity contribution is -0.166. The molecule has 1 aromatic rings. The molecule has 2 atom stereocenters. The fraction of sp³-hybridized carbons (Fsp3) is 0.679. The van der Waals surface area contributed by atoms with Gasteiger partial charge >= 0.3 is 5.97 Å². The highest BCUT2D eigenvalue weighted by molar-refractivity contribution is 6.38. The smallest absolute Gasteiger partial charge is 0.329 e. The molecule has 1 aliphatic carbocycles. The van der Waals surface area contributed by atoms with Gasteiger partial charge in [0.05, 0.1) is 0 Å². The lowest BCUT2D eigenvalue weighted by Crippen LogP contribution is -2.53. The molecule has 3 rings (SSSR count). The lowest BCUT2D eigenvalue weighted by atomic mass is 9.83. The second-order valence-corrected chi connectivity index (χ2v) is 10.5. The normalized spacial score (nSPS) is 20.8. The first-order valence-corrected chi connectivity index (χ1v) is 12.9. The third-order valence-corrected chi connectivity index (χ3v) is 7.73. The van der Waals surface area contributed by atoms with Crippen LogP contribution in [0.25, 0.3) is 0 Å². The molecular formula is C28H41NO4. The van der Waals surface area contributed by atoms with E-state index in [4.69, 9.17) is 4.74 Å². The number of piperidine rings is 1. The standard InChI is InChI=1S/C28H41NO4/c1-4-28(2,3)25(30)26(31)29-20-12-11-17-23(29)27(32)33-24(22-15-9-6-10-16-22)19-18-21-13-7-5-8-14-21/h5,7-8,13-14,22-24H,4,6,9-12,15-20H2,1-3H3/t23-,24+/m0/s1. The molecule has 1 aliphatic heterocycles. The molecule has 0 N–H and O–H groups in total.